The van der Waals surface area contributed by atoms with Gasteiger partial charge in [0.15, 0.2) is 0 Å². The van der Waals surface area contributed by atoms with Crippen molar-refractivity contribution in [3.63, 3.8) is 0 Å². The average Bonchev–Trinajstić information content (AvgIpc) is 2.59. The van der Waals surface area contributed by atoms with E-state index >= 15 is 0 Å². The van der Waals surface area contributed by atoms with Gasteiger partial charge in [0, 0.05) is 16.7 Å². The van der Waals surface area contributed by atoms with Gasteiger partial charge in [0.2, 0.25) is 0 Å². The van der Waals surface area contributed by atoms with Crippen molar-refractivity contribution in [2.45, 2.75) is 41.5 Å². The molecule has 0 saturated heterocycles. The number of rotatable bonds is 3. The van der Waals surface area contributed by atoms with Gasteiger partial charge in [-0.15, -0.1) is 0 Å². The third-order valence-corrected chi connectivity index (χ3v) is 5.62. The van der Waals surface area contributed by atoms with Gasteiger partial charge in [-0.2, -0.15) is 0 Å². The summed E-state index contributed by atoms with van der Waals surface area (Å²) in [6.07, 6.45) is 0. The maximum absolute atomic E-state index is 2.27. The maximum Gasteiger partial charge on any atom is 0.0639 e. The van der Waals surface area contributed by atoms with E-state index in [0.29, 0.717) is 0 Å². The van der Waals surface area contributed by atoms with E-state index in [-0.39, 0.29) is 0 Å². The molecule has 0 fully saturated rings. The fourth-order valence-electron chi connectivity index (χ4n) is 3.50. The largest absolute Gasteiger partial charge is 0.0639 e. The molecule has 0 unspecified atom stereocenters. The highest BCUT2D eigenvalue weighted by Gasteiger charge is 2.28. The van der Waals surface area contributed by atoms with Crippen molar-refractivity contribution < 1.29 is 0 Å². The van der Waals surface area contributed by atoms with Crippen molar-refractivity contribution in [3.8, 4) is 0 Å². The minimum atomic E-state index is 1.34. The number of aryl methyl sites for hydroxylation is 3. The van der Waals surface area contributed by atoms with Crippen LogP contribution in [0.25, 0.3) is 0 Å². The van der Waals surface area contributed by atoms with Gasteiger partial charge in [-0.1, -0.05) is 0 Å². The van der Waals surface area contributed by atoms with Crippen LogP contribution in [0.5, 0.6) is 0 Å². The maximum atomic E-state index is 2.27. The van der Waals surface area contributed by atoms with Crippen molar-refractivity contribution in [1.29, 1.82) is 0 Å². The van der Waals surface area contributed by atoms with Crippen LogP contribution < -0.4 is 0 Å². The SMILES string of the molecule is Cc1cccc([C+](c2cccc(C)c2C)c2cccc(C)c2C)c1C. The Morgan fingerprint density at radius 3 is 1.00 bits per heavy atom. The number of benzene rings is 3. The predicted octanol–water partition coefficient (Wildman–Crippen LogP) is 6.56. The molecule has 0 atom stereocenters. The summed E-state index contributed by atoms with van der Waals surface area (Å²) in [4.78, 5) is 0. The Morgan fingerprint density at radius 2 is 0.720 bits per heavy atom. The highest BCUT2D eigenvalue weighted by atomic mass is 14.3. The van der Waals surface area contributed by atoms with E-state index in [0.717, 1.165) is 0 Å². The standard InChI is InChI=1S/C25H27/c1-16-10-7-13-22(19(16)4)25(23-14-8-11-17(2)20(23)5)24-15-9-12-18(3)21(24)6/h7-15H,1-6H3/q+1. The second-order valence-corrected chi connectivity index (χ2v) is 7.12. The van der Waals surface area contributed by atoms with Crippen LogP contribution in [0.2, 0.25) is 0 Å². The van der Waals surface area contributed by atoms with Gasteiger partial charge in [0.25, 0.3) is 0 Å². The molecule has 0 heteroatoms. The van der Waals surface area contributed by atoms with Crippen molar-refractivity contribution >= 4 is 0 Å². The van der Waals surface area contributed by atoms with Crippen molar-refractivity contribution in [2.24, 2.45) is 0 Å². The van der Waals surface area contributed by atoms with Crippen molar-refractivity contribution in [3.05, 3.63) is 111 Å². The molecule has 0 heterocycles. The summed E-state index contributed by atoms with van der Waals surface area (Å²) in [6.45, 7) is 13.3. The zero-order valence-electron chi connectivity index (χ0n) is 16.2. The van der Waals surface area contributed by atoms with Crippen LogP contribution in [0.15, 0.2) is 54.6 Å². The molecular formula is C25H27+. The topological polar surface area (TPSA) is 0 Å². The molecule has 3 aromatic rings. The molecule has 0 amide bonds. The molecule has 0 aliphatic rings. The molecule has 0 aromatic heterocycles. The lowest BCUT2D eigenvalue weighted by Gasteiger charge is -2.21. The lowest BCUT2D eigenvalue weighted by Crippen LogP contribution is -2.11. The number of hydrogen-bond acceptors (Lipinski definition) is 0. The Bertz CT molecular complexity index is 793. The Hall–Kier alpha value is -2.47. The fourth-order valence-corrected chi connectivity index (χ4v) is 3.50. The second-order valence-electron chi connectivity index (χ2n) is 7.12. The van der Waals surface area contributed by atoms with Gasteiger partial charge in [-0.05, 0) is 113 Å². The van der Waals surface area contributed by atoms with Crippen LogP contribution >= 0.6 is 0 Å². The van der Waals surface area contributed by atoms with Gasteiger partial charge in [-0.25, -0.2) is 0 Å². The summed E-state index contributed by atoms with van der Waals surface area (Å²) in [5.41, 5.74) is 12.1. The third-order valence-electron chi connectivity index (χ3n) is 5.62. The Balaban J connectivity index is 2.35. The molecule has 0 saturated carbocycles. The predicted molar refractivity (Wildman–Crippen MR) is 108 cm³/mol. The summed E-state index contributed by atoms with van der Waals surface area (Å²) >= 11 is 0. The first-order valence-electron chi connectivity index (χ1n) is 8.98. The number of hydrogen-bond donors (Lipinski definition) is 0. The highest BCUT2D eigenvalue weighted by molar-refractivity contribution is 5.65. The first kappa shape index (κ1) is 17.4. The van der Waals surface area contributed by atoms with Crippen LogP contribution in [0.1, 0.15) is 50.1 Å². The smallest absolute Gasteiger partial charge is 0.0479 e. The van der Waals surface area contributed by atoms with E-state index < -0.39 is 0 Å². The molecule has 25 heavy (non-hydrogen) atoms. The van der Waals surface area contributed by atoms with E-state index in [2.05, 4.69) is 96.1 Å². The molecule has 0 aliphatic carbocycles. The normalized spacial score (nSPS) is 10.8. The molecule has 0 N–H and O–H groups in total. The van der Waals surface area contributed by atoms with E-state index in [1.54, 1.807) is 0 Å². The zero-order valence-corrected chi connectivity index (χ0v) is 16.2. The lowest BCUT2D eigenvalue weighted by atomic mass is 9.78. The monoisotopic (exact) mass is 327 g/mol. The summed E-state index contributed by atoms with van der Waals surface area (Å²) in [7, 11) is 0. The van der Waals surface area contributed by atoms with Crippen LogP contribution in [0, 0.1) is 47.5 Å². The quantitative estimate of drug-likeness (QED) is 0.377. The van der Waals surface area contributed by atoms with Crippen LogP contribution in [0.3, 0.4) is 0 Å². The van der Waals surface area contributed by atoms with E-state index in [1.165, 1.54) is 56.0 Å². The van der Waals surface area contributed by atoms with Crippen molar-refractivity contribution in [2.75, 3.05) is 0 Å². The molecule has 0 radical (unpaired) electrons. The molecule has 3 aromatic carbocycles. The lowest BCUT2D eigenvalue weighted by molar-refractivity contribution is 1.11. The Morgan fingerprint density at radius 1 is 0.440 bits per heavy atom. The van der Waals surface area contributed by atoms with Crippen LogP contribution in [0.4, 0.5) is 0 Å². The van der Waals surface area contributed by atoms with E-state index in [9.17, 15) is 0 Å². The highest BCUT2D eigenvalue weighted by Crippen LogP contribution is 2.38. The van der Waals surface area contributed by atoms with E-state index in [4.69, 9.17) is 0 Å². The molecule has 0 nitrogen and oxygen atoms in total. The van der Waals surface area contributed by atoms with E-state index in [1.807, 2.05) is 0 Å². The van der Waals surface area contributed by atoms with Gasteiger partial charge >= 0.3 is 0 Å². The van der Waals surface area contributed by atoms with Crippen molar-refractivity contribution in [1.82, 2.24) is 0 Å². The molecule has 0 spiro atoms. The molecule has 0 bridgehead atoms. The Kier molecular flexibility index (Phi) is 4.72. The minimum absolute atomic E-state index is 1.34. The zero-order chi connectivity index (χ0) is 18.1. The minimum Gasteiger partial charge on any atom is -0.0479 e. The van der Waals surface area contributed by atoms with Gasteiger partial charge in [0.05, 0.1) is 22.6 Å². The molecule has 3 rings (SSSR count). The Labute approximate surface area is 152 Å². The van der Waals surface area contributed by atoms with Crippen LogP contribution in [-0.2, 0) is 0 Å². The van der Waals surface area contributed by atoms with Gasteiger partial charge < -0.3 is 0 Å². The van der Waals surface area contributed by atoms with Gasteiger partial charge in [0.1, 0.15) is 0 Å². The average molecular weight is 327 g/mol. The van der Waals surface area contributed by atoms with Gasteiger partial charge in [-0.3, -0.25) is 0 Å². The first-order valence-corrected chi connectivity index (χ1v) is 8.98. The third kappa shape index (κ3) is 3.09. The summed E-state index contributed by atoms with van der Waals surface area (Å²) in [5, 5.41) is 0. The fraction of sp³-hybridized carbons (Fsp3) is 0.240. The van der Waals surface area contributed by atoms with Crippen LogP contribution in [-0.4, -0.2) is 0 Å². The first-order chi connectivity index (χ1) is 11.9. The molecule has 0 aliphatic heterocycles. The summed E-state index contributed by atoms with van der Waals surface area (Å²) < 4.78 is 0. The molecule has 126 valence electrons. The second kappa shape index (κ2) is 6.80. The molecular weight excluding hydrogens is 300 g/mol. The summed E-state index contributed by atoms with van der Waals surface area (Å²) in [5.74, 6) is 1.35. The summed E-state index contributed by atoms with van der Waals surface area (Å²) in [6, 6.07) is 19.9.